The molecule has 2 heterocycles. The van der Waals surface area contributed by atoms with Crippen molar-refractivity contribution in [3.05, 3.63) is 143 Å². The van der Waals surface area contributed by atoms with Crippen LogP contribution in [-0.2, 0) is 16.1 Å². The number of aryl methyl sites for hydroxylation is 1. The Morgan fingerprint density at radius 1 is 1.02 bits per heavy atom. The summed E-state index contributed by atoms with van der Waals surface area (Å²) in [6, 6.07) is 27.4. The Hall–Kier alpha value is -4.27. The molecule has 43 heavy (non-hydrogen) atoms. The lowest BCUT2D eigenvalue weighted by molar-refractivity contribution is -0.139. The van der Waals surface area contributed by atoms with Gasteiger partial charge in [0.1, 0.15) is 12.4 Å². The zero-order valence-corrected chi connectivity index (χ0v) is 26.4. The van der Waals surface area contributed by atoms with Gasteiger partial charge in [-0.15, -0.1) is 0 Å². The van der Waals surface area contributed by atoms with E-state index in [1.807, 2.05) is 73.7 Å². The van der Waals surface area contributed by atoms with E-state index in [4.69, 9.17) is 9.47 Å². The molecular formula is C35H29BrN2O4S. The number of nitrogens with zero attached hydrogens (tertiary/aromatic N) is 2. The van der Waals surface area contributed by atoms with E-state index in [-0.39, 0.29) is 12.2 Å². The van der Waals surface area contributed by atoms with E-state index < -0.39 is 12.0 Å². The molecule has 1 atom stereocenters. The maximum Gasteiger partial charge on any atom is 0.338 e. The van der Waals surface area contributed by atoms with Crippen LogP contribution >= 0.6 is 27.3 Å². The number of hydrogen-bond donors (Lipinski definition) is 0. The molecule has 0 spiro atoms. The van der Waals surface area contributed by atoms with Gasteiger partial charge in [0.25, 0.3) is 5.56 Å². The quantitative estimate of drug-likeness (QED) is 0.186. The van der Waals surface area contributed by atoms with Gasteiger partial charge in [-0.2, -0.15) is 0 Å². The first-order valence-electron chi connectivity index (χ1n) is 14.0. The maximum absolute atomic E-state index is 13.9. The Morgan fingerprint density at radius 2 is 1.79 bits per heavy atom. The molecule has 0 unspecified atom stereocenters. The molecule has 6 rings (SSSR count). The number of halogens is 1. The molecule has 216 valence electrons. The van der Waals surface area contributed by atoms with Gasteiger partial charge in [-0.25, -0.2) is 9.79 Å². The average molecular weight is 654 g/mol. The number of hydrogen-bond acceptors (Lipinski definition) is 6. The third kappa shape index (κ3) is 5.72. The zero-order valence-electron chi connectivity index (χ0n) is 24.0. The van der Waals surface area contributed by atoms with E-state index in [9.17, 15) is 9.59 Å². The van der Waals surface area contributed by atoms with Crippen LogP contribution in [0.25, 0.3) is 16.8 Å². The number of carbonyl (C=O) groups excluding carboxylic acids is 1. The van der Waals surface area contributed by atoms with Crippen LogP contribution in [0.3, 0.4) is 0 Å². The number of carbonyl (C=O) groups is 1. The van der Waals surface area contributed by atoms with E-state index in [2.05, 4.69) is 45.2 Å². The molecule has 0 aliphatic carbocycles. The molecule has 0 bridgehead atoms. The van der Waals surface area contributed by atoms with Crippen molar-refractivity contribution in [2.45, 2.75) is 33.4 Å². The highest BCUT2D eigenvalue weighted by Gasteiger charge is 2.33. The fraction of sp³-hybridized carbons (Fsp3) is 0.171. The van der Waals surface area contributed by atoms with Crippen LogP contribution in [0.15, 0.2) is 110 Å². The van der Waals surface area contributed by atoms with Crippen molar-refractivity contribution in [1.29, 1.82) is 0 Å². The number of fused-ring (bicyclic) bond motifs is 2. The molecule has 4 aromatic carbocycles. The summed E-state index contributed by atoms with van der Waals surface area (Å²) in [7, 11) is 0. The van der Waals surface area contributed by atoms with E-state index in [1.54, 1.807) is 18.4 Å². The molecule has 0 radical (unpaired) electrons. The summed E-state index contributed by atoms with van der Waals surface area (Å²) >= 11 is 4.95. The summed E-state index contributed by atoms with van der Waals surface area (Å²) < 4.78 is 14.5. The summed E-state index contributed by atoms with van der Waals surface area (Å²) in [5, 5.41) is 2.34. The Labute approximate surface area is 261 Å². The Kier molecular flexibility index (Phi) is 8.15. The Morgan fingerprint density at radius 3 is 2.56 bits per heavy atom. The molecule has 1 aliphatic heterocycles. The third-order valence-corrected chi connectivity index (χ3v) is 9.03. The average Bonchev–Trinajstić information content (AvgIpc) is 3.30. The van der Waals surface area contributed by atoms with Crippen LogP contribution < -0.4 is 19.6 Å². The molecule has 0 N–H and O–H groups in total. The second kappa shape index (κ2) is 12.1. The first-order chi connectivity index (χ1) is 20.8. The normalized spacial score (nSPS) is 14.9. The van der Waals surface area contributed by atoms with Crippen LogP contribution in [0.5, 0.6) is 5.75 Å². The molecule has 0 amide bonds. The van der Waals surface area contributed by atoms with Crippen molar-refractivity contribution in [3.8, 4) is 5.75 Å². The molecule has 1 aromatic heterocycles. The highest BCUT2D eigenvalue weighted by Crippen LogP contribution is 2.31. The van der Waals surface area contributed by atoms with Gasteiger partial charge in [0.05, 0.1) is 32.9 Å². The van der Waals surface area contributed by atoms with Gasteiger partial charge in [-0.05, 0) is 82.4 Å². The fourth-order valence-corrected chi connectivity index (χ4v) is 6.86. The number of rotatable bonds is 7. The SMILES string of the molecule is CCOC(=O)C1=C(C)N=c2s/c(=C/c3ccc(OCc4cccc5ccccc45)c(Br)c3)c(=O)n2[C@H]1c1ccc(C)cc1. The molecule has 5 aromatic rings. The van der Waals surface area contributed by atoms with Crippen molar-refractivity contribution >= 4 is 50.1 Å². The molecule has 0 fully saturated rings. The lowest BCUT2D eigenvalue weighted by Crippen LogP contribution is -2.39. The Balaban J connectivity index is 1.34. The lowest BCUT2D eigenvalue weighted by atomic mass is 9.95. The number of thiazole rings is 1. The predicted octanol–water partition coefficient (Wildman–Crippen LogP) is 6.60. The predicted molar refractivity (Wildman–Crippen MR) is 174 cm³/mol. The fourth-order valence-electron chi connectivity index (χ4n) is 5.30. The van der Waals surface area contributed by atoms with Gasteiger partial charge < -0.3 is 9.47 Å². The van der Waals surface area contributed by atoms with Crippen LogP contribution in [0.2, 0.25) is 0 Å². The second-order valence-electron chi connectivity index (χ2n) is 10.3. The topological polar surface area (TPSA) is 69.9 Å². The molecule has 0 saturated carbocycles. The monoisotopic (exact) mass is 652 g/mol. The van der Waals surface area contributed by atoms with Crippen molar-refractivity contribution in [2.75, 3.05) is 6.61 Å². The highest BCUT2D eigenvalue weighted by molar-refractivity contribution is 9.10. The molecule has 6 nitrogen and oxygen atoms in total. The van der Waals surface area contributed by atoms with Gasteiger partial charge in [0.2, 0.25) is 0 Å². The number of esters is 1. The van der Waals surface area contributed by atoms with Gasteiger partial charge in [-0.3, -0.25) is 9.36 Å². The summed E-state index contributed by atoms with van der Waals surface area (Å²) in [6.07, 6.45) is 1.85. The minimum absolute atomic E-state index is 0.212. The highest BCUT2D eigenvalue weighted by atomic mass is 79.9. The van der Waals surface area contributed by atoms with E-state index >= 15 is 0 Å². The molecule has 8 heteroatoms. The van der Waals surface area contributed by atoms with E-state index in [1.165, 1.54) is 22.1 Å². The summed E-state index contributed by atoms with van der Waals surface area (Å²) in [5.41, 5.74) is 4.57. The Bertz CT molecular complexity index is 2070. The summed E-state index contributed by atoms with van der Waals surface area (Å²) in [4.78, 5) is 32.2. The van der Waals surface area contributed by atoms with Crippen LogP contribution in [-0.4, -0.2) is 17.1 Å². The minimum Gasteiger partial charge on any atom is -0.488 e. The summed E-state index contributed by atoms with van der Waals surface area (Å²) in [6.45, 7) is 6.22. The zero-order chi connectivity index (χ0) is 30.1. The van der Waals surface area contributed by atoms with Crippen LogP contribution in [0.1, 0.15) is 42.1 Å². The number of aromatic nitrogens is 1. The third-order valence-electron chi connectivity index (χ3n) is 7.43. The van der Waals surface area contributed by atoms with E-state index in [0.717, 1.165) is 26.7 Å². The van der Waals surface area contributed by atoms with Crippen LogP contribution in [0, 0.1) is 6.92 Å². The molecular weight excluding hydrogens is 624 g/mol. The number of ether oxygens (including phenoxy) is 2. The van der Waals surface area contributed by atoms with Crippen molar-refractivity contribution < 1.29 is 14.3 Å². The molecule has 0 saturated heterocycles. The second-order valence-corrected chi connectivity index (χ2v) is 12.2. The van der Waals surface area contributed by atoms with Crippen LogP contribution in [0.4, 0.5) is 0 Å². The van der Waals surface area contributed by atoms with Crippen molar-refractivity contribution in [3.63, 3.8) is 0 Å². The first kappa shape index (κ1) is 28.8. The smallest absolute Gasteiger partial charge is 0.338 e. The standard InChI is InChI=1S/C35H29BrN2O4S/c1-4-41-34(40)31-22(3)37-35-38(32(31)25-15-12-21(2)13-16-25)33(39)30(43-35)19-23-14-17-29(28(36)18-23)42-20-26-10-7-9-24-8-5-6-11-27(24)26/h5-19,32H,4,20H2,1-3H3/b30-19+/t32-/m0/s1. The summed E-state index contributed by atoms with van der Waals surface area (Å²) in [5.74, 6) is 0.243. The molecule has 1 aliphatic rings. The van der Waals surface area contributed by atoms with Gasteiger partial charge in [0, 0.05) is 0 Å². The number of benzene rings is 4. The maximum atomic E-state index is 13.9. The lowest BCUT2D eigenvalue weighted by Gasteiger charge is -2.24. The largest absolute Gasteiger partial charge is 0.488 e. The minimum atomic E-state index is -0.630. The first-order valence-corrected chi connectivity index (χ1v) is 15.6. The van der Waals surface area contributed by atoms with Crippen molar-refractivity contribution in [2.24, 2.45) is 4.99 Å². The number of allylic oxidation sites excluding steroid dienone is 1. The van der Waals surface area contributed by atoms with Crippen molar-refractivity contribution in [1.82, 2.24) is 4.57 Å². The van der Waals surface area contributed by atoms with E-state index in [0.29, 0.717) is 33.0 Å². The van der Waals surface area contributed by atoms with Gasteiger partial charge in [0.15, 0.2) is 4.80 Å². The van der Waals surface area contributed by atoms with Gasteiger partial charge in [-0.1, -0.05) is 89.7 Å². The van der Waals surface area contributed by atoms with Gasteiger partial charge >= 0.3 is 5.97 Å².